The third-order valence-electron chi connectivity index (χ3n) is 2.19. The SMILES string of the molecule is COc1ccc(CNc2nnc(C)s2)cc1Cl. The molecule has 2 rings (SSSR count). The highest BCUT2D eigenvalue weighted by Crippen LogP contribution is 2.25. The Morgan fingerprint density at radius 2 is 2.24 bits per heavy atom. The van der Waals surface area contributed by atoms with E-state index in [1.54, 1.807) is 7.11 Å². The number of ether oxygens (including phenoxy) is 1. The summed E-state index contributed by atoms with van der Waals surface area (Å²) in [7, 11) is 1.60. The van der Waals surface area contributed by atoms with Crippen LogP contribution in [-0.2, 0) is 6.54 Å². The Bertz CT molecular complexity index is 515. The maximum atomic E-state index is 6.04. The van der Waals surface area contributed by atoms with Gasteiger partial charge in [-0.1, -0.05) is 29.0 Å². The number of hydrogen-bond donors (Lipinski definition) is 1. The van der Waals surface area contributed by atoms with Gasteiger partial charge in [-0.15, -0.1) is 10.2 Å². The first-order valence-electron chi connectivity index (χ1n) is 5.05. The van der Waals surface area contributed by atoms with E-state index in [-0.39, 0.29) is 0 Å². The quantitative estimate of drug-likeness (QED) is 0.926. The van der Waals surface area contributed by atoms with Crippen LogP contribution in [-0.4, -0.2) is 17.3 Å². The molecular formula is C11H12ClN3OS. The number of aromatic nitrogens is 2. The van der Waals surface area contributed by atoms with Crippen LogP contribution in [0.25, 0.3) is 0 Å². The number of rotatable bonds is 4. The Morgan fingerprint density at radius 1 is 1.41 bits per heavy atom. The number of methoxy groups -OCH3 is 1. The molecule has 0 unspecified atom stereocenters. The molecule has 1 heterocycles. The average molecular weight is 270 g/mol. The first-order chi connectivity index (χ1) is 8.19. The molecule has 6 heteroatoms. The molecule has 0 fully saturated rings. The van der Waals surface area contributed by atoms with Crippen molar-refractivity contribution < 1.29 is 4.74 Å². The molecule has 0 aliphatic rings. The summed E-state index contributed by atoms with van der Waals surface area (Å²) in [6, 6.07) is 5.69. The fourth-order valence-corrected chi connectivity index (χ4v) is 2.23. The molecule has 0 saturated carbocycles. The molecule has 4 nitrogen and oxygen atoms in total. The molecule has 0 amide bonds. The molecule has 0 aliphatic carbocycles. The Kier molecular flexibility index (Phi) is 3.81. The minimum atomic E-state index is 0.611. The summed E-state index contributed by atoms with van der Waals surface area (Å²) in [5, 5.41) is 13.5. The van der Waals surface area contributed by atoms with Crippen molar-refractivity contribution in [1.29, 1.82) is 0 Å². The zero-order chi connectivity index (χ0) is 12.3. The molecule has 0 bridgehead atoms. The van der Waals surface area contributed by atoms with E-state index in [0.717, 1.165) is 15.7 Å². The van der Waals surface area contributed by atoms with Gasteiger partial charge in [-0.3, -0.25) is 0 Å². The number of aryl methyl sites for hydroxylation is 1. The second-order valence-electron chi connectivity index (χ2n) is 3.45. The Hall–Kier alpha value is -1.33. The molecule has 2 aromatic rings. The highest BCUT2D eigenvalue weighted by molar-refractivity contribution is 7.15. The van der Waals surface area contributed by atoms with Crippen molar-refractivity contribution in [2.75, 3.05) is 12.4 Å². The maximum absolute atomic E-state index is 6.04. The van der Waals surface area contributed by atoms with E-state index < -0.39 is 0 Å². The predicted molar refractivity (Wildman–Crippen MR) is 70.0 cm³/mol. The van der Waals surface area contributed by atoms with E-state index in [2.05, 4.69) is 15.5 Å². The third-order valence-corrected chi connectivity index (χ3v) is 3.28. The smallest absolute Gasteiger partial charge is 0.205 e. The fourth-order valence-electron chi connectivity index (χ4n) is 1.37. The molecule has 0 aliphatic heterocycles. The molecule has 17 heavy (non-hydrogen) atoms. The third kappa shape index (κ3) is 3.08. The lowest BCUT2D eigenvalue weighted by molar-refractivity contribution is 0.415. The highest BCUT2D eigenvalue weighted by Gasteiger charge is 2.03. The van der Waals surface area contributed by atoms with Crippen molar-refractivity contribution in [2.45, 2.75) is 13.5 Å². The molecule has 0 atom stereocenters. The summed E-state index contributed by atoms with van der Waals surface area (Å²) in [4.78, 5) is 0. The van der Waals surface area contributed by atoms with Crippen molar-refractivity contribution >= 4 is 28.1 Å². The van der Waals surface area contributed by atoms with Gasteiger partial charge in [-0.2, -0.15) is 0 Å². The van der Waals surface area contributed by atoms with Gasteiger partial charge in [0.05, 0.1) is 12.1 Å². The van der Waals surface area contributed by atoms with Crippen molar-refractivity contribution in [3.63, 3.8) is 0 Å². The lowest BCUT2D eigenvalue weighted by atomic mass is 10.2. The van der Waals surface area contributed by atoms with E-state index in [4.69, 9.17) is 16.3 Å². The van der Waals surface area contributed by atoms with Crippen LogP contribution in [0.1, 0.15) is 10.6 Å². The van der Waals surface area contributed by atoms with Gasteiger partial charge in [0.15, 0.2) is 0 Å². The van der Waals surface area contributed by atoms with Crippen LogP contribution in [0.5, 0.6) is 5.75 Å². The standard InChI is InChI=1S/C11H12ClN3OS/c1-7-14-15-11(17-7)13-6-8-3-4-10(16-2)9(12)5-8/h3-5H,6H2,1-2H3,(H,13,15). The molecule has 1 N–H and O–H groups in total. The lowest BCUT2D eigenvalue weighted by Crippen LogP contribution is -1.99. The zero-order valence-corrected chi connectivity index (χ0v) is 11.1. The van der Waals surface area contributed by atoms with Gasteiger partial charge in [0.2, 0.25) is 5.13 Å². The van der Waals surface area contributed by atoms with Crippen LogP contribution < -0.4 is 10.1 Å². The monoisotopic (exact) mass is 269 g/mol. The molecule has 0 radical (unpaired) electrons. The Labute approximate surface area is 109 Å². The number of benzene rings is 1. The van der Waals surface area contributed by atoms with Gasteiger partial charge in [0, 0.05) is 6.54 Å². The Balaban J connectivity index is 2.02. The summed E-state index contributed by atoms with van der Waals surface area (Å²) in [5.74, 6) is 0.683. The minimum absolute atomic E-state index is 0.611. The van der Waals surface area contributed by atoms with E-state index in [1.807, 2.05) is 25.1 Å². The molecule has 0 spiro atoms. The van der Waals surface area contributed by atoms with Crippen LogP contribution in [0.3, 0.4) is 0 Å². The summed E-state index contributed by atoms with van der Waals surface area (Å²) < 4.78 is 5.09. The van der Waals surface area contributed by atoms with Crippen LogP contribution in [0.2, 0.25) is 5.02 Å². The van der Waals surface area contributed by atoms with E-state index in [0.29, 0.717) is 17.3 Å². The highest BCUT2D eigenvalue weighted by atomic mass is 35.5. The van der Waals surface area contributed by atoms with Gasteiger partial charge >= 0.3 is 0 Å². The van der Waals surface area contributed by atoms with Crippen LogP contribution in [0, 0.1) is 6.92 Å². The first-order valence-corrected chi connectivity index (χ1v) is 6.25. The number of nitrogens with one attached hydrogen (secondary N) is 1. The van der Waals surface area contributed by atoms with E-state index in [1.165, 1.54) is 11.3 Å². The van der Waals surface area contributed by atoms with E-state index >= 15 is 0 Å². The second kappa shape index (κ2) is 5.33. The summed E-state index contributed by atoms with van der Waals surface area (Å²) in [6.45, 7) is 2.59. The van der Waals surface area contributed by atoms with Crippen LogP contribution in [0.4, 0.5) is 5.13 Å². The van der Waals surface area contributed by atoms with Crippen LogP contribution >= 0.6 is 22.9 Å². The largest absolute Gasteiger partial charge is 0.495 e. The van der Waals surface area contributed by atoms with Gasteiger partial charge in [-0.25, -0.2) is 0 Å². The number of nitrogens with zero attached hydrogens (tertiary/aromatic N) is 2. The summed E-state index contributed by atoms with van der Waals surface area (Å²) >= 11 is 7.57. The molecule has 1 aromatic heterocycles. The molecule has 1 aromatic carbocycles. The fraction of sp³-hybridized carbons (Fsp3) is 0.273. The lowest BCUT2D eigenvalue weighted by Gasteiger charge is -2.06. The first kappa shape index (κ1) is 12.1. The number of anilines is 1. The van der Waals surface area contributed by atoms with Crippen molar-refractivity contribution in [1.82, 2.24) is 10.2 Å². The number of halogens is 1. The van der Waals surface area contributed by atoms with E-state index in [9.17, 15) is 0 Å². The van der Waals surface area contributed by atoms with Gasteiger partial charge in [0.25, 0.3) is 0 Å². The summed E-state index contributed by atoms with van der Waals surface area (Å²) in [5.41, 5.74) is 1.07. The predicted octanol–water partition coefficient (Wildman–Crippen LogP) is 3.12. The average Bonchev–Trinajstić information content (AvgIpc) is 2.73. The normalized spacial score (nSPS) is 10.3. The van der Waals surface area contributed by atoms with Gasteiger partial charge in [0.1, 0.15) is 10.8 Å². The van der Waals surface area contributed by atoms with Gasteiger partial charge in [-0.05, 0) is 24.6 Å². The maximum Gasteiger partial charge on any atom is 0.205 e. The molecule has 90 valence electrons. The topological polar surface area (TPSA) is 47.0 Å². The Morgan fingerprint density at radius 3 is 2.82 bits per heavy atom. The van der Waals surface area contributed by atoms with Gasteiger partial charge < -0.3 is 10.1 Å². The van der Waals surface area contributed by atoms with Crippen LogP contribution in [0.15, 0.2) is 18.2 Å². The summed E-state index contributed by atoms with van der Waals surface area (Å²) in [6.07, 6.45) is 0. The van der Waals surface area contributed by atoms with Crippen molar-refractivity contribution in [3.8, 4) is 5.75 Å². The second-order valence-corrected chi connectivity index (χ2v) is 5.04. The zero-order valence-electron chi connectivity index (χ0n) is 9.53. The van der Waals surface area contributed by atoms with Crippen molar-refractivity contribution in [3.05, 3.63) is 33.8 Å². The molecular weight excluding hydrogens is 258 g/mol. The number of hydrogen-bond acceptors (Lipinski definition) is 5. The van der Waals surface area contributed by atoms with Crippen molar-refractivity contribution in [2.24, 2.45) is 0 Å². The minimum Gasteiger partial charge on any atom is -0.495 e. The molecule has 0 saturated heterocycles.